The third kappa shape index (κ3) is 2.83. The van der Waals surface area contributed by atoms with Gasteiger partial charge in [0, 0.05) is 0 Å². The van der Waals surface area contributed by atoms with Crippen LogP contribution in [0.15, 0.2) is 109 Å². The molecular formula is C32H24O2Se. The molecule has 3 aliphatic carbocycles. The van der Waals surface area contributed by atoms with Crippen molar-refractivity contribution in [3.63, 3.8) is 0 Å². The molecule has 2 bridgehead atoms. The second-order valence-electron chi connectivity index (χ2n) is 9.18. The van der Waals surface area contributed by atoms with Gasteiger partial charge in [-0.1, -0.05) is 0 Å². The fourth-order valence-corrected chi connectivity index (χ4v) is 9.48. The molecule has 0 atom stereocenters. The first-order valence-corrected chi connectivity index (χ1v) is 13.6. The first-order valence-electron chi connectivity index (χ1n) is 11.9. The summed E-state index contributed by atoms with van der Waals surface area (Å²) in [4.78, 5) is 0. The van der Waals surface area contributed by atoms with Crippen molar-refractivity contribution in [2.75, 3.05) is 14.2 Å². The van der Waals surface area contributed by atoms with Gasteiger partial charge in [0.25, 0.3) is 0 Å². The summed E-state index contributed by atoms with van der Waals surface area (Å²) in [6, 6.07) is 35.4. The van der Waals surface area contributed by atoms with Gasteiger partial charge in [-0.05, 0) is 0 Å². The van der Waals surface area contributed by atoms with Gasteiger partial charge in [0.2, 0.25) is 0 Å². The molecule has 4 aromatic carbocycles. The van der Waals surface area contributed by atoms with E-state index in [9.17, 15) is 0 Å². The van der Waals surface area contributed by atoms with E-state index in [4.69, 9.17) is 9.47 Å². The molecule has 0 radical (unpaired) electrons. The Kier molecular flexibility index (Phi) is 4.61. The van der Waals surface area contributed by atoms with Crippen molar-refractivity contribution in [1.29, 1.82) is 0 Å². The molecule has 0 unspecified atom stereocenters. The van der Waals surface area contributed by atoms with Crippen LogP contribution in [0.3, 0.4) is 0 Å². The molecule has 2 nitrogen and oxygen atoms in total. The topological polar surface area (TPSA) is 18.5 Å². The molecule has 0 saturated carbocycles. The van der Waals surface area contributed by atoms with E-state index in [0.717, 1.165) is 11.5 Å². The van der Waals surface area contributed by atoms with Crippen molar-refractivity contribution in [1.82, 2.24) is 0 Å². The normalized spacial score (nSPS) is 21.2. The van der Waals surface area contributed by atoms with E-state index in [1.54, 1.807) is 14.2 Å². The Morgan fingerprint density at radius 2 is 1.14 bits per heavy atom. The van der Waals surface area contributed by atoms with Crippen LogP contribution in [0.2, 0.25) is 0 Å². The maximum absolute atomic E-state index is 5.47. The molecular weight excluding hydrogens is 495 g/mol. The fraction of sp³-hybridized carbons (Fsp3) is 0.125. The zero-order chi connectivity index (χ0) is 23.6. The Bertz CT molecular complexity index is 1480. The Labute approximate surface area is 212 Å². The van der Waals surface area contributed by atoms with E-state index in [1.807, 2.05) is 0 Å². The maximum atomic E-state index is 5.47. The first-order chi connectivity index (χ1) is 17.2. The summed E-state index contributed by atoms with van der Waals surface area (Å²) < 4.78 is 12.2. The van der Waals surface area contributed by atoms with Crippen LogP contribution in [0.4, 0.5) is 0 Å². The third-order valence-electron chi connectivity index (χ3n) is 7.57. The van der Waals surface area contributed by atoms with Crippen molar-refractivity contribution in [3.05, 3.63) is 142 Å². The number of rotatable bonds is 4. The Morgan fingerprint density at radius 3 is 1.69 bits per heavy atom. The van der Waals surface area contributed by atoms with E-state index >= 15 is 0 Å². The number of hydrogen-bond donors (Lipinski definition) is 0. The Balaban J connectivity index is 1.52. The summed E-state index contributed by atoms with van der Waals surface area (Å²) in [6.45, 7) is 0. The average Bonchev–Trinajstić information content (AvgIpc) is 3.35. The first kappa shape index (κ1) is 20.8. The van der Waals surface area contributed by atoms with Crippen molar-refractivity contribution in [3.8, 4) is 11.5 Å². The molecule has 0 amide bonds. The van der Waals surface area contributed by atoms with E-state index in [1.165, 1.54) is 49.0 Å². The van der Waals surface area contributed by atoms with Crippen molar-refractivity contribution >= 4 is 25.0 Å². The Hall–Kier alpha value is -3.52. The van der Waals surface area contributed by atoms with Gasteiger partial charge >= 0.3 is 213 Å². The summed E-state index contributed by atoms with van der Waals surface area (Å²) in [7, 11) is 3.45. The molecule has 35 heavy (non-hydrogen) atoms. The van der Waals surface area contributed by atoms with E-state index in [-0.39, 0.29) is 25.2 Å². The molecule has 170 valence electrons. The van der Waals surface area contributed by atoms with Crippen LogP contribution in [-0.4, -0.2) is 29.2 Å². The fourth-order valence-electron chi connectivity index (χ4n) is 6.06. The van der Waals surface area contributed by atoms with E-state index in [0.29, 0.717) is 0 Å². The molecule has 0 N–H and O–H groups in total. The van der Waals surface area contributed by atoms with Crippen LogP contribution in [0.25, 0.3) is 10.0 Å². The minimum atomic E-state index is -0.112. The molecule has 0 fully saturated rings. The van der Waals surface area contributed by atoms with E-state index < -0.39 is 0 Å². The zero-order valence-corrected chi connectivity index (χ0v) is 21.3. The van der Waals surface area contributed by atoms with Crippen LogP contribution in [0.1, 0.15) is 39.3 Å². The molecule has 1 spiro atoms. The minimum absolute atomic E-state index is 0.112. The van der Waals surface area contributed by atoms with Gasteiger partial charge in [-0.2, -0.15) is 0 Å². The zero-order valence-electron chi connectivity index (χ0n) is 19.6. The number of hydrogen-bond acceptors (Lipinski definition) is 2. The van der Waals surface area contributed by atoms with Gasteiger partial charge in [0.15, 0.2) is 0 Å². The van der Waals surface area contributed by atoms with Crippen molar-refractivity contribution in [2.45, 2.75) is 10.2 Å². The Morgan fingerprint density at radius 1 is 0.629 bits per heavy atom. The second kappa shape index (κ2) is 7.75. The summed E-state index contributed by atoms with van der Waals surface area (Å²) in [5.41, 5.74) is 11.3. The predicted octanol–water partition coefficient (Wildman–Crippen LogP) is 6.62. The summed E-state index contributed by atoms with van der Waals surface area (Å²) in [5, 5.41) is 0. The summed E-state index contributed by atoms with van der Waals surface area (Å²) >= 11 is 0.187. The van der Waals surface area contributed by atoms with Gasteiger partial charge in [-0.25, -0.2) is 0 Å². The van der Waals surface area contributed by atoms with E-state index in [2.05, 4.69) is 103 Å². The summed E-state index contributed by atoms with van der Waals surface area (Å²) in [6.07, 6.45) is 2.50. The molecule has 4 aromatic rings. The van der Waals surface area contributed by atoms with Crippen LogP contribution in [-0.2, 0) is 4.31 Å². The van der Waals surface area contributed by atoms with Gasteiger partial charge in [0.1, 0.15) is 0 Å². The molecule has 4 aliphatic rings. The quantitative estimate of drug-likeness (QED) is 0.282. The van der Waals surface area contributed by atoms with Crippen molar-refractivity contribution < 1.29 is 9.47 Å². The van der Waals surface area contributed by atoms with Gasteiger partial charge in [-0.3, -0.25) is 0 Å². The monoisotopic (exact) mass is 520 g/mol. The number of benzene rings is 4. The van der Waals surface area contributed by atoms with Crippen LogP contribution in [0, 0.1) is 0 Å². The molecule has 1 aliphatic heterocycles. The SMILES string of the molecule is COc1ccc(C2=CC3=C(c4ccc(OC)cc4)C4c5ccccc5C3([Se]2)c2ccccc24)cc1. The molecule has 3 heteroatoms. The third-order valence-corrected chi connectivity index (χ3v) is 10.8. The molecule has 8 rings (SSSR count). The van der Waals surface area contributed by atoms with Gasteiger partial charge in [-0.15, -0.1) is 0 Å². The number of allylic oxidation sites excluding steroid dienone is 3. The van der Waals surface area contributed by atoms with Crippen molar-refractivity contribution in [2.24, 2.45) is 0 Å². The standard InChI is InChI=1S/C32H24O2Se/c1-33-22-15-11-20(12-16-22)29-19-28-30(21-13-17-23(34-2)18-14-21)31-24-7-3-5-9-26(24)32(28,35-29)27-10-6-4-8-25(27)31/h3-19,31H,1-2H3. The summed E-state index contributed by atoms with van der Waals surface area (Å²) in [5.74, 6) is 2.01. The molecule has 0 aromatic heterocycles. The van der Waals surface area contributed by atoms with Gasteiger partial charge < -0.3 is 0 Å². The number of ether oxygens (including phenoxy) is 2. The van der Waals surface area contributed by atoms with Gasteiger partial charge in [0.05, 0.1) is 0 Å². The molecule has 0 saturated heterocycles. The average molecular weight is 520 g/mol. The number of methoxy groups -OCH3 is 2. The van der Waals surface area contributed by atoms with Crippen LogP contribution in [0.5, 0.6) is 11.5 Å². The molecule has 1 heterocycles. The van der Waals surface area contributed by atoms with Crippen LogP contribution >= 0.6 is 0 Å². The second-order valence-corrected chi connectivity index (χ2v) is 11.8. The van der Waals surface area contributed by atoms with Crippen LogP contribution < -0.4 is 9.47 Å². The predicted molar refractivity (Wildman–Crippen MR) is 142 cm³/mol.